The van der Waals surface area contributed by atoms with E-state index < -0.39 is 25.1 Å². The number of rotatable bonds is 2. The van der Waals surface area contributed by atoms with Crippen molar-refractivity contribution < 1.29 is 25.9 Å². The van der Waals surface area contributed by atoms with Gasteiger partial charge in [0, 0.05) is 5.39 Å². The number of fused-ring (bicyclic) bond motifs is 3. The number of benzene rings is 2. The zero-order valence-electron chi connectivity index (χ0n) is 10.6. The summed E-state index contributed by atoms with van der Waals surface area (Å²) in [6.45, 7) is 0. The minimum atomic E-state index is -4.53. The van der Waals surface area contributed by atoms with E-state index in [2.05, 4.69) is 4.98 Å². The van der Waals surface area contributed by atoms with Crippen LogP contribution in [0.2, 0.25) is 0 Å². The molecule has 4 N–H and O–H groups in total. The Bertz CT molecular complexity index is 1130. The van der Waals surface area contributed by atoms with Crippen molar-refractivity contribution in [3.8, 4) is 0 Å². The summed E-state index contributed by atoms with van der Waals surface area (Å²) in [5, 5.41) is 0.771. The first-order valence-corrected chi connectivity index (χ1v) is 9.35. The van der Waals surface area contributed by atoms with E-state index in [0.29, 0.717) is 15.5 Å². The molecule has 0 aliphatic rings. The van der Waals surface area contributed by atoms with Gasteiger partial charge in [-0.15, -0.1) is 0 Å². The zero-order valence-corrected chi connectivity index (χ0v) is 13.0. The normalized spacial score (nSPS) is 13.0. The lowest BCUT2D eigenvalue weighted by molar-refractivity contribution is 0.481. The van der Waals surface area contributed by atoms with Crippen LogP contribution in [0.5, 0.6) is 0 Å². The van der Waals surface area contributed by atoms with Crippen molar-refractivity contribution in [3.63, 3.8) is 0 Å². The molecule has 0 spiro atoms. The molecule has 116 valence electrons. The van der Waals surface area contributed by atoms with E-state index in [-0.39, 0.29) is 15.5 Å². The standard InChI is InChI=1S/C11H8N2O6S3/c12-11-13-9-8(22(17,18)19)3-5-1-2-6(21(14,15)16)4-7(5)10(9)20-11/h1-4H,(H2,12,13)(H,14,15,16)(H,17,18,19). The molecule has 0 saturated carbocycles. The number of thiazole rings is 1. The molecular weight excluding hydrogens is 352 g/mol. The van der Waals surface area contributed by atoms with Gasteiger partial charge in [0.15, 0.2) is 5.13 Å². The Kier molecular flexibility index (Phi) is 3.16. The first-order valence-electron chi connectivity index (χ1n) is 5.65. The second kappa shape index (κ2) is 4.60. The summed E-state index contributed by atoms with van der Waals surface area (Å²) in [5.41, 5.74) is 5.53. The Morgan fingerprint density at radius 1 is 1.05 bits per heavy atom. The second-order valence-electron chi connectivity index (χ2n) is 4.44. The lowest BCUT2D eigenvalue weighted by Gasteiger charge is -2.05. The highest BCUT2D eigenvalue weighted by Crippen LogP contribution is 2.36. The highest BCUT2D eigenvalue weighted by atomic mass is 32.2. The van der Waals surface area contributed by atoms with Crippen molar-refractivity contribution in [1.82, 2.24) is 4.98 Å². The predicted molar refractivity (Wildman–Crippen MR) is 81.2 cm³/mol. The van der Waals surface area contributed by atoms with Crippen molar-refractivity contribution in [1.29, 1.82) is 0 Å². The minimum Gasteiger partial charge on any atom is -0.375 e. The minimum absolute atomic E-state index is 0.0509. The molecule has 1 aromatic heterocycles. The van der Waals surface area contributed by atoms with E-state index in [0.717, 1.165) is 17.4 Å². The number of hydrogen-bond donors (Lipinski definition) is 3. The van der Waals surface area contributed by atoms with Gasteiger partial charge < -0.3 is 5.73 Å². The maximum absolute atomic E-state index is 11.5. The fourth-order valence-electron chi connectivity index (χ4n) is 2.11. The van der Waals surface area contributed by atoms with Crippen molar-refractivity contribution in [3.05, 3.63) is 24.3 Å². The third-order valence-corrected chi connectivity index (χ3v) is 5.64. The van der Waals surface area contributed by atoms with Gasteiger partial charge in [-0.1, -0.05) is 17.4 Å². The van der Waals surface area contributed by atoms with Gasteiger partial charge in [-0.25, -0.2) is 4.98 Å². The van der Waals surface area contributed by atoms with Crippen LogP contribution in [-0.2, 0) is 20.2 Å². The van der Waals surface area contributed by atoms with Gasteiger partial charge in [-0.2, -0.15) is 16.8 Å². The van der Waals surface area contributed by atoms with Crippen LogP contribution >= 0.6 is 11.3 Å². The molecular formula is C11H8N2O6S3. The van der Waals surface area contributed by atoms with E-state index in [1.807, 2.05) is 0 Å². The third-order valence-electron chi connectivity index (χ3n) is 3.01. The first-order chi connectivity index (χ1) is 10.1. The monoisotopic (exact) mass is 360 g/mol. The SMILES string of the molecule is Nc1nc2c(S(=O)(=O)O)cc3ccc(S(=O)(=O)O)cc3c2s1. The summed E-state index contributed by atoms with van der Waals surface area (Å²) in [7, 11) is -8.93. The van der Waals surface area contributed by atoms with Crippen molar-refractivity contribution in [2.45, 2.75) is 9.79 Å². The Labute approximate surface area is 128 Å². The fraction of sp³-hybridized carbons (Fsp3) is 0. The van der Waals surface area contributed by atoms with Gasteiger partial charge in [0.25, 0.3) is 20.2 Å². The molecule has 0 aliphatic heterocycles. The number of aromatic nitrogens is 1. The van der Waals surface area contributed by atoms with Crippen LogP contribution in [0.25, 0.3) is 21.0 Å². The van der Waals surface area contributed by atoms with E-state index in [4.69, 9.17) is 10.3 Å². The van der Waals surface area contributed by atoms with Crippen LogP contribution in [0.3, 0.4) is 0 Å². The van der Waals surface area contributed by atoms with Crippen LogP contribution in [0.1, 0.15) is 0 Å². The Hall–Kier alpha value is -1.79. The smallest absolute Gasteiger partial charge is 0.296 e. The third kappa shape index (κ3) is 2.42. The van der Waals surface area contributed by atoms with Gasteiger partial charge in [-0.3, -0.25) is 9.11 Å². The number of hydrogen-bond acceptors (Lipinski definition) is 7. The summed E-state index contributed by atoms with van der Waals surface area (Å²) in [5.74, 6) is 0. The first kappa shape index (κ1) is 15.1. The molecule has 1 heterocycles. The van der Waals surface area contributed by atoms with Gasteiger partial charge in [-0.05, 0) is 23.6 Å². The molecule has 0 radical (unpaired) electrons. The van der Waals surface area contributed by atoms with E-state index in [9.17, 15) is 21.4 Å². The average molecular weight is 360 g/mol. The number of nitrogens with two attached hydrogens (primary N) is 1. The molecule has 0 fully saturated rings. The number of anilines is 1. The molecule has 0 saturated heterocycles. The summed E-state index contributed by atoms with van der Waals surface area (Å²) >= 11 is 0.946. The summed E-state index contributed by atoms with van der Waals surface area (Å²) in [6, 6.07) is 4.81. The van der Waals surface area contributed by atoms with Gasteiger partial charge >= 0.3 is 0 Å². The molecule has 0 aliphatic carbocycles. The molecule has 8 nitrogen and oxygen atoms in total. The Morgan fingerprint density at radius 3 is 2.32 bits per heavy atom. The predicted octanol–water partition coefficient (Wildman–Crippen LogP) is 1.53. The fourth-order valence-corrected chi connectivity index (χ4v) is 4.24. The van der Waals surface area contributed by atoms with E-state index in [1.165, 1.54) is 18.2 Å². The van der Waals surface area contributed by atoms with Crippen LogP contribution in [0.4, 0.5) is 5.13 Å². The molecule has 11 heteroatoms. The Balaban J connectivity index is 2.55. The highest BCUT2D eigenvalue weighted by Gasteiger charge is 2.21. The maximum Gasteiger partial charge on any atom is 0.296 e. The summed E-state index contributed by atoms with van der Waals surface area (Å²) in [4.78, 5) is 3.11. The van der Waals surface area contributed by atoms with Crippen LogP contribution < -0.4 is 5.73 Å². The van der Waals surface area contributed by atoms with Crippen molar-refractivity contribution in [2.75, 3.05) is 5.73 Å². The van der Waals surface area contributed by atoms with Crippen LogP contribution in [0, 0.1) is 0 Å². The lowest BCUT2D eigenvalue weighted by Crippen LogP contribution is -2.01. The summed E-state index contributed by atoms with van der Waals surface area (Å²) < 4.78 is 64.1. The van der Waals surface area contributed by atoms with E-state index in [1.54, 1.807) is 0 Å². The van der Waals surface area contributed by atoms with Gasteiger partial charge in [0.05, 0.1) is 9.60 Å². The lowest BCUT2D eigenvalue weighted by atomic mass is 10.1. The number of nitrogen functional groups attached to an aromatic ring is 1. The quantitative estimate of drug-likeness (QED) is 0.583. The van der Waals surface area contributed by atoms with Crippen molar-refractivity contribution >= 4 is 57.7 Å². The molecule has 0 bridgehead atoms. The van der Waals surface area contributed by atoms with Crippen LogP contribution in [0.15, 0.2) is 34.1 Å². The zero-order chi connectivity index (χ0) is 16.3. The van der Waals surface area contributed by atoms with Crippen LogP contribution in [-0.4, -0.2) is 30.9 Å². The topological polar surface area (TPSA) is 148 Å². The number of nitrogens with zero attached hydrogens (tertiary/aromatic N) is 1. The highest BCUT2D eigenvalue weighted by molar-refractivity contribution is 7.86. The molecule has 2 aromatic carbocycles. The molecule has 0 atom stereocenters. The van der Waals surface area contributed by atoms with Gasteiger partial charge in [0.2, 0.25) is 0 Å². The maximum atomic E-state index is 11.5. The molecule has 3 aromatic rings. The second-order valence-corrected chi connectivity index (χ2v) is 8.28. The van der Waals surface area contributed by atoms with Crippen molar-refractivity contribution in [2.24, 2.45) is 0 Å². The molecule has 3 rings (SSSR count). The average Bonchev–Trinajstić information content (AvgIpc) is 2.76. The van der Waals surface area contributed by atoms with Gasteiger partial charge in [0.1, 0.15) is 10.4 Å². The Morgan fingerprint density at radius 2 is 1.73 bits per heavy atom. The summed E-state index contributed by atoms with van der Waals surface area (Å²) in [6.07, 6.45) is 0. The molecule has 0 unspecified atom stereocenters. The van der Waals surface area contributed by atoms with E-state index >= 15 is 0 Å². The largest absolute Gasteiger partial charge is 0.375 e. The molecule has 22 heavy (non-hydrogen) atoms. The molecule has 0 amide bonds.